The predicted molar refractivity (Wildman–Crippen MR) is 123 cm³/mol. The summed E-state index contributed by atoms with van der Waals surface area (Å²) >= 11 is 6.17. The third-order valence-electron chi connectivity index (χ3n) is 4.97. The molecule has 0 saturated carbocycles. The Balaban J connectivity index is 1.57. The van der Waals surface area contributed by atoms with Crippen LogP contribution in [0.3, 0.4) is 0 Å². The lowest BCUT2D eigenvalue weighted by Crippen LogP contribution is -2.23. The van der Waals surface area contributed by atoms with Crippen LogP contribution in [0.15, 0.2) is 72.8 Å². The molecule has 3 aromatic carbocycles. The van der Waals surface area contributed by atoms with E-state index in [0.717, 1.165) is 24.2 Å². The molecule has 30 heavy (non-hydrogen) atoms. The number of anilines is 1. The summed E-state index contributed by atoms with van der Waals surface area (Å²) in [6.07, 6.45) is 0. The smallest absolute Gasteiger partial charge is 0.251 e. The number of ether oxygens (including phenoxy) is 1. The van der Waals surface area contributed by atoms with Gasteiger partial charge in [0.15, 0.2) is 0 Å². The van der Waals surface area contributed by atoms with Crippen LogP contribution in [-0.2, 0) is 13.2 Å². The molecule has 0 aliphatic heterocycles. The van der Waals surface area contributed by atoms with Crippen molar-refractivity contribution in [2.45, 2.75) is 27.0 Å². The van der Waals surface area contributed by atoms with Crippen molar-refractivity contribution < 1.29 is 9.53 Å². The van der Waals surface area contributed by atoms with Gasteiger partial charge in [-0.15, -0.1) is 0 Å². The van der Waals surface area contributed by atoms with Crippen molar-refractivity contribution in [1.82, 2.24) is 5.32 Å². The monoisotopic (exact) mass is 422 g/mol. The van der Waals surface area contributed by atoms with E-state index in [-0.39, 0.29) is 5.91 Å². The molecule has 3 rings (SSSR count). The van der Waals surface area contributed by atoms with Gasteiger partial charge in [-0.05, 0) is 55.8 Å². The minimum absolute atomic E-state index is 0.133. The molecule has 0 aliphatic carbocycles. The van der Waals surface area contributed by atoms with Crippen molar-refractivity contribution in [3.05, 3.63) is 94.5 Å². The Labute approximate surface area is 183 Å². The van der Waals surface area contributed by atoms with E-state index < -0.39 is 0 Å². The maximum Gasteiger partial charge on any atom is 0.251 e. The molecule has 4 nitrogen and oxygen atoms in total. The van der Waals surface area contributed by atoms with Crippen molar-refractivity contribution in [3.63, 3.8) is 0 Å². The van der Waals surface area contributed by atoms with E-state index in [1.165, 1.54) is 5.69 Å². The van der Waals surface area contributed by atoms with Gasteiger partial charge in [0.1, 0.15) is 12.4 Å². The molecule has 0 aliphatic rings. The molecular formula is C25H27ClN2O2. The van der Waals surface area contributed by atoms with Crippen LogP contribution in [0.25, 0.3) is 0 Å². The molecule has 0 spiro atoms. The highest BCUT2D eigenvalue weighted by Crippen LogP contribution is 2.20. The van der Waals surface area contributed by atoms with Crippen LogP contribution in [0, 0.1) is 0 Å². The van der Waals surface area contributed by atoms with Gasteiger partial charge in [0, 0.05) is 41.5 Å². The minimum Gasteiger partial charge on any atom is -0.489 e. The zero-order chi connectivity index (χ0) is 21.3. The third-order valence-corrected chi connectivity index (χ3v) is 5.34. The summed E-state index contributed by atoms with van der Waals surface area (Å²) in [5, 5.41) is 3.64. The summed E-state index contributed by atoms with van der Waals surface area (Å²) in [5.74, 6) is 0.497. The van der Waals surface area contributed by atoms with Crippen molar-refractivity contribution in [2.75, 3.05) is 18.0 Å². The van der Waals surface area contributed by atoms with Gasteiger partial charge in [-0.3, -0.25) is 4.79 Å². The molecule has 0 bridgehead atoms. The normalized spacial score (nSPS) is 10.5. The third kappa shape index (κ3) is 5.77. The van der Waals surface area contributed by atoms with E-state index in [4.69, 9.17) is 16.3 Å². The fourth-order valence-corrected chi connectivity index (χ4v) is 3.39. The lowest BCUT2D eigenvalue weighted by atomic mass is 10.1. The standard InChI is InChI=1S/C25H27ClN2O2/c1-3-28(4-2)22-14-12-19(13-15-22)17-27-25(29)20-9-7-10-23(16-20)30-18-21-8-5-6-11-24(21)26/h5-16H,3-4,17-18H2,1-2H3,(H,27,29). The number of rotatable bonds is 9. The molecule has 1 N–H and O–H groups in total. The lowest BCUT2D eigenvalue weighted by molar-refractivity contribution is 0.0950. The van der Waals surface area contributed by atoms with Crippen molar-refractivity contribution in [2.24, 2.45) is 0 Å². The summed E-state index contributed by atoms with van der Waals surface area (Å²) in [6, 6.07) is 23.0. The summed E-state index contributed by atoms with van der Waals surface area (Å²) in [7, 11) is 0. The molecule has 0 unspecified atom stereocenters. The topological polar surface area (TPSA) is 41.6 Å². The number of carbonyl (C=O) groups is 1. The highest BCUT2D eigenvalue weighted by atomic mass is 35.5. The Hall–Kier alpha value is -2.98. The number of amides is 1. The number of nitrogens with zero attached hydrogens (tertiary/aromatic N) is 1. The second-order valence-corrected chi connectivity index (χ2v) is 7.34. The zero-order valence-electron chi connectivity index (χ0n) is 17.4. The Kier molecular flexibility index (Phi) is 7.75. The maximum atomic E-state index is 12.6. The van der Waals surface area contributed by atoms with E-state index >= 15 is 0 Å². The predicted octanol–water partition coefficient (Wildman–Crippen LogP) is 5.70. The number of carbonyl (C=O) groups excluding carboxylic acids is 1. The van der Waals surface area contributed by atoms with Gasteiger partial charge < -0.3 is 15.0 Å². The summed E-state index contributed by atoms with van der Waals surface area (Å²) in [5.41, 5.74) is 3.72. The average molecular weight is 423 g/mol. The minimum atomic E-state index is -0.133. The van der Waals surface area contributed by atoms with E-state index in [9.17, 15) is 4.79 Å². The Morgan fingerprint density at radius 1 is 0.967 bits per heavy atom. The molecule has 0 saturated heterocycles. The average Bonchev–Trinajstić information content (AvgIpc) is 2.79. The molecule has 3 aromatic rings. The zero-order valence-corrected chi connectivity index (χ0v) is 18.2. The van der Waals surface area contributed by atoms with Gasteiger partial charge in [0.2, 0.25) is 0 Å². The Morgan fingerprint density at radius 2 is 1.70 bits per heavy atom. The quantitative estimate of drug-likeness (QED) is 0.481. The maximum absolute atomic E-state index is 12.6. The molecule has 5 heteroatoms. The molecule has 0 heterocycles. The highest BCUT2D eigenvalue weighted by molar-refractivity contribution is 6.31. The molecule has 0 fully saturated rings. The van der Waals surface area contributed by atoms with Crippen LogP contribution in [0.5, 0.6) is 5.75 Å². The fraction of sp³-hybridized carbons (Fsp3) is 0.240. The number of hydrogen-bond donors (Lipinski definition) is 1. The van der Waals surface area contributed by atoms with Gasteiger partial charge in [-0.1, -0.05) is 48.0 Å². The van der Waals surface area contributed by atoms with Crippen LogP contribution in [-0.4, -0.2) is 19.0 Å². The molecule has 156 valence electrons. The van der Waals surface area contributed by atoms with Crippen LogP contribution in [0.4, 0.5) is 5.69 Å². The summed E-state index contributed by atoms with van der Waals surface area (Å²) in [6.45, 7) is 7.06. The Morgan fingerprint density at radius 3 is 2.40 bits per heavy atom. The van der Waals surface area contributed by atoms with E-state index in [1.54, 1.807) is 12.1 Å². The van der Waals surface area contributed by atoms with Gasteiger partial charge in [-0.2, -0.15) is 0 Å². The van der Waals surface area contributed by atoms with Crippen LogP contribution in [0.2, 0.25) is 5.02 Å². The van der Waals surface area contributed by atoms with E-state index in [0.29, 0.717) is 29.5 Å². The molecule has 0 radical (unpaired) electrons. The van der Waals surface area contributed by atoms with Crippen molar-refractivity contribution in [1.29, 1.82) is 0 Å². The number of benzene rings is 3. The van der Waals surface area contributed by atoms with Gasteiger partial charge in [0.25, 0.3) is 5.91 Å². The first kappa shape index (κ1) is 21.7. The summed E-state index contributed by atoms with van der Waals surface area (Å²) in [4.78, 5) is 14.9. The Bertz CT molecular complexity index is 969. The van der Waals surface area contributed by atoms with Crippen molar-refractivity contribution in [3.8, 4) is 5.75 Å². The largest absolute Gasteiger partial charge is 0.489 e. The van der Waals surface area contributed by atoms with Crippen LogP contribution in [0.1, 0.15) is 35.3 Å². The van der Waals surface area contributed by atoms with Crippen LogP contribution < -0.4 is 15.0 Å². The number of hydrogen-bond acceptors (Lipinski definition) is 3. The second kappa shape index (κ2) is 10.7. The molecule has 0 aromatic heterocycles. The molecule has 1 amide bonds. The molecule has 0 atom stereocenters. The molecular weight excluding hydrogens is 396 g/mol. The first-order valence-corrected chi connectivity index (χ1v) is 10.6. The lowest BCUT2D eigenvalue weighted by Gasteiger charge is -2.21. The fourth-order valence-electron chi connectivity index (χ4n) is 3.20. The van der Waals surface area contributed by atoms with Gasteiger partial charge in [-0.25, -0.2) is 0 Å². The van der Waals surface area contributed by atoms with Crippen molar-refractivity contribution >= 4 is 23.2 Å². The summed E-state index contributed by atoms with van der Waals surface area (Å²) < 4.78 is 5.81. The second-order valence-electron chi connectivity index (χ2n) is 6.93. The highest BCUT2D eigenvalue weighted by Gasteiger charge is 2.08. The number of halogens is 1. The number of nitrogens with one attached hydrogen (secondary N) is 1. The first-order valence-electron chi connectivity index (χ1n) is 10.2. The van der Waals surface area contributed by atoms with E-state index in [2.05, 4.69) is 48.3 Å². The van der Waals surface area contributed by atoms with Crippen LogP contribution >= 0.6 is 11.6 Å². The van der Waals surface area contributed by atoms with Gasteiger partial charge in [0.05, 0.1) is 0 Å². The first-order chi connectivity index (χ1) is 14.6. The van der Waals surface area contributed by atoms with E-state index in [1.807, 2.05) is 36.4 Å². The SMILES string of the molecule is CCN(CC)c1ccc(CNC(=O)c2cccc(OCc3ccccc3Cl)c2)cc1. The van der Waals surface area contributed by atoms with Gasteiger partial charge >= 0.3 is 0 Å².